The minimum atomic E-state index is -5.38. The number of benzene rings is 2. The molecule has 218 valence electrons. The van der Waals surface area contributed by atoms with Crippen molar-refractivity contribution in [1.29, 1.82) is 0 Å². The van der Waals surface area contributed by atoms with Crippen LogP contribution >= 0.6 is 11.3 Å². The summed E-state index contributed by atoms with van der Waals surface area (Å²) in [7, 11) is 0. The van der Waals surface area contributed by atoms with Gasteiger partial charge in [-0.15, -0.1) is 11.3 Å². The van der Waals surface area contributed by atoms with Gasteiger partial charge in [-0.1, -0.05) is 12.1 Å². The molecular weight excluding hydrogens is 583 g/mol. The zero-order valence-corrected chi connectivity index (χ0v) is 22.4. The van der Waals surface area contributed by atoms with Crippen LogP contribution in [0.1, 0.15) is 27.9 Å². The van der Waals surface area contributed by atoms with Crippen molar-refractivity contribution in [2.24, 2.45) is 5.73 Å². The van der Waals surface area contributed by atoms with Crippen molar-refractivity contribution in [2.75, 3.05) is 13.2 Å². The first kappa shape index (κ1) is 29.1. The maximum atomic E-state index is 14.5. The summed E-state index contributed by atoms with van der Waals surface area (Å²) in [5.74, 6) is -3.18. The summed E-state index contributed by atoms with van der Waals surface area (Å²) in [4.78, 5) is 33.0. The van der Waals surface area contributed by atoms with E-state index in [1.165, 1.54) is 37.3 Å². The summed E-state index contributed by atoms with van der Waals surface area (Å²) in [6, 6.07) is 11.1. The average Bonchev–Trinajstić information content (AvgIpc) is 3.57. The van der Waals surface area contributed by atoms with Crippen molar-refractivity contribution < 1.29 is 41.4 Å². The third kappa shape index (κ3) is 4.96. The second-order valence-electron chi connectivity index (χ2n) is 9.77. The molecule has 2 aromatic carbocycles. The lowest BCUT2D eigenvalue weighted by atomic mass is 9.81. The number of ether oxygens (including phenoxy) is 1. The molecule has 2 amide bonds. The van der Waals surface area contributed by atoms with Crippen LogP contribution in [-0.2, 0) is 15.8 Å². The number of fused-ring (bicyclic) bond motifs is 1. The molecule has 0 saturated heterocycles. The molecule has 1 aliphatic rings. The Bertz CT molecular complexity index is 1690. The number of aliphatic hydroxyl groups is 1. The van der Waals surface area contributed by atoms with Gasteiger partial charge in [-0.05, 0) is 49.4 Å². The van der Waals surface area contributed by atoms with Crippen molar-refractivity contribution in [3.63, 3.8) is 0 Å². The Morgan fingerprint density at radius 1 is 1.14 bits per heavy atom. The number of hydrogen-bond acceptors (Lipinski definition) is 7. The van der Waals surface area contributed by atoms with E-state index in [4.69, 9.17) is 10.5 Å². The molecule has 4 N–H and O–H groups in total. The van der Waals surface area contributed by atoms with E-state index in [9.17, 15) is 36.6 Å². The molecule has 2 atom stereocenters. The first-order valence-corrected chi connectivity index (χ1v) is 13.1. The fourth-order valence-corrected chi connectivity index (χ4v) is 5.23. The smallest absolute Gasteiger partial charge is 0.424 e. The quantitative estimate of drug-likeness (QED) is 0.267. The van der Waals surface area contributed by atoms with E-state index in [0.29, 0.717) is 0 Å². The number of alkyl halides is 3. The Morgan fingerprint density at radius 3 is 2.48 bits per heavy atom. The SMILES string of the molecule is C[C@]1(C(N)=O)COc2c1cc(C(O)(CNC(=O)c1cnc(-c3ccccc3F)s1)C(F)(F)F)nc2-c1ccc(F)cc1. The van der Waals surface area contributed by atoms with Gasteiger partial charge in [-0.2, -0.15) is 13.2 Å². The van der Waals surface area contributed by atoms with E-state index < -0.39 is 52.9 Å². The molecule has 42 heavy (non-hydrogen) atoms. The van der Waals surface area contributed by atoms with Crippen LogP contribution in [0.5, 0.6) is 5.75 Å². The zero-order chi connectivity index (χ0) is 30.4. The van der Waals surface area contributed by atoms with Gasteiger partial charge in [0.2, 0.25) is 11.5 Å². The number of amides is 2. The lowest BCUT2D eigenvalue weighted by Crippen LogP contribution is -2.51. The fourth-order valence-electron chi connectivity index (χ4n) is 4.37. The number of rotatable bonds is 7. The molecule has 0 fully saturated rings. The number of nitrogens with two attached hydrogens (primary N) is 1. The lowest BCUT2D eigenvalue weighted by Gasteiger charge is -2.31. The van der Waals surface area contributed by atoms with Gasteiger partial charge in [-0.25, -0.2) is 18.7 Å². The number of carbonyl (C=O) groups is 2. The topological polar surface area (TPSA) is 127 Å². The molecule has 8 nitrogen and oxygen atoms in total. The van der Waals surface area contributed by atoms with Crippen LogP contribution in [0.15, 0.2) is 60.8 Å². The Morgan fingerprint density at radius 2 is 1.83 bits per heavy atom. The molecular formula is C28H21F5N4O4S. The second-order valence-corrected chi connectivity index (χ2v) is 10.8. The van der Waals surface area contributed by atoms with Gasteiger partial charge < -0.3 is 20.9 Å². The third-order valence-electron chi connectivity index (χ3n) is 6.97. The van der Waals surface area contributed by atoms with Crippen molar-refractivity contribution in [2.45, 2.75) is 24.1 Å². The predicted molar refractivity (Wildman–Crippen MR) is 141 cm³/mol. The Labute approximate surface area is 239 Å². The van der Waals surface area contributed by atoms with Gasteiger partial charge in [0.05, 0.1) is 18.4 Å². The molecule has 0 radical (unpaired) electrons. The average molecular weight is 605 g/mol. The van der Waals surface area contributed by atoms with E-state index in [2.05, 4.69) is 15.3 Å². The summed E-state index contributed by atoms with van der Waals surface area (Å²) in [5, 5.41) is 13.3. The maximum absolute atomic E-state index is 14.5. The number of aromatic nitrogens is 2. The Balaban J connectivity index is 1.54. The Hall–Kier alpha value is -4.43. The molecule has 5 rings (SSSR count). The van der Waals surface area contributed by atoms with Gasteiger partial charge in [0, 0.05) is 16.7 Å². The zero-order valence-electron chi connectivity index (χ0n) is 21.6. The summed E-state index contributed by atoms with van der Waals surface area (Å²) in [6.45, 7) is -0.330. The third-order valence-corrected chi connectivity index (χ3v) is 7.99. The number of nitrogens with one attached hydrogen (secondary N) is 1. The van der Waals surface area contributed by atoms with Gasteiger partial charge in [0.25, 0.3) is 5.91 Å². The van der Waals surface area contributed by atoms with E-state index in [1.807, 2.05) is 0 Å². The van der Waals surface area contributed by atoms with Crippen molar-refractivity contribution in [3.8, 4) is 27.6 Å². The molecule has 0 aliphatic carbocycles. The molecule has 1 aliphatic heterocycles. The highest BCUT2D eigenvalue weighted by atomic mass is 32.1. The van der Waals surface area contributed by atoms with E-state index in [-0.39, 0.29) is 44.6 Å². The van der Waals surface area contributed by atoms with Crippen molar-refractivity contribution in [1.82, 2.24) is 15.3 Å². The number of hydrogen-bond donors (Lipinski definition) is 3. The molecule has 2 aromatic heterocycles. The number of pyridine rings is 1. The van der Waals surface area contributed by atoms with Gasteiger partial charge in [-0.3, -0.25) is 9.59 Å². The number of halogens is 5. The van der Waals surface area contributed by atoms with Crippen LogP contribution < -0.4 is 15.8 Å². The van der Waals surface area contributed by atoms with Crippen LogP contribution in [0.3, 0.4) is 0 Å². The number of primary amides is 1. The number of thiazole rings is 1. The highest BCUT2D eigenvalue weighted by Crippen LogP contribution is 2.47. The Kier molecular flexibility index (Phi) is 7.23. The maximum Gasteiger partial charge on any atom is 0.424 e. The summed E-state index contributed by atoms with van der Waals surface area (Å²) in [5.41, 5.74) is -0.754. The first-order valence-electron chi connectivity index (χ1n) is 12.3. The predicted octanol–water partition coefficient (Wildman–Crippen LogP) is 4.47. The van der Waals surface area contributed by atoms with Crippen LogP contribution in [0, 0.1) is 11.6 Å². The highest BCUT2D eigenvalue weighted by Gasteiger charge is 2.57. The summed E-state index contributed by atoms with van der Waals surface area (Å²) >= 11 is 0.742. The molecule has 0 spiro atoms. The van der Waals surface area contributed by atoms with Crippen molar-refractivity contribution in [3.05, 3.63) is 88.6 Å². The van der Waals surface area contributed by atoms with Crippen LogP contribution in [0.4, 0.5) is 22.0 Å². The van der Waals surface area contributed by atoms with Gasteiger partial charge >= 0.3 is 6.18 Å². The monoisotopic (exact) mass is 604 g/mol. The van der Waals surface area contributed by atoms with Crippen LogP contribution in [0.25, 0.3) is 21.8 Å². The highest BCUT2D eigenvalue weighted by molar-refractivity contribution is 7.16. The summed E-state index contributed by atoms with van der Waals surface area (Å²) in [6.07, 6.45) is -4.31. The minimum Gasteiger partial charge on any atom is -0.489 e. The van der Waals surface area contributed by atoms with Gasteiger partial charge in [0.15, 0.2) is 0 Å². The van der Waals surface area contributed by atoms with Crippen LogP contribution in [0.2, 0.25) is 0 Å². The molecule has 3 heterocycles. The standard InChI is InChI=1S/C28H21F5N4O4S/c1-26(25(34)39)13-41-22-17(26)10-20(37-21(22)14-6-8-15(29)9-7-14)27(40,28(31,32)33)12-36-23(38)19-11-35-24(42-19)16-4-2-3-5-18(16)30/h2-11,40H,12-13H2,1H3,(H2,34,39)(H,36,38)/t26-,27?/m0/s1. The normalized spacial score (nSPS) is 17.7. The molecule has 4 aromatic rings. The van der Waals surface area contributed by atoms with E-state index in [0.717, 1.165) is 35.7 Å². The van der Waals surface area contributed by atoms with E-state index >= 15 is 0 Å². The van der Waals surface area contributed by atoms with Crippen molar-refractivity contribution >= 4 is 23.2 Å². The molecule has 0 bridgehead atoms. The van der Waals surface area contributed by atoms with E-state index in [1.54, 1.807) is 6.07 Å². The lowest BCUT2D eigenvalue weighted by molar-refractivity contribution is -0.265. The molecule has 1 unspecified atom stereocenters. The van der Waals surface area contributed by atoms with Gasteiger partial charge in [0.1, 0.15) is 45.0 Å². The first-order chi connectivity index (χ1) is 19.7. The van der Waals surface area contributed by atoms with Crippen LogP contribution in [-0.4, -0.2) is 46.2 Å². The minimum absolute atomic E-state index is 0.0504. The summed E-state index contributed by atoms with van der Waals surface area (Å²) < 4.78 is 77.0. The largest absolute Gasteiger partial charge is 0.489 e. The number of carbonyl (C=O) groups excluding carboxylic acids is 2. The second kappa shape index (κ2) is 10.4. The molecule has 0 saturated carbocycles. The molecule has 14 heteroatoms. The number of nitrogens with zero attached hydrogens (tertiary/aromatic N) is 2. The fraction of sp³-hybridized carbons (Fsp3) is 0.214.